The molecule has 0 spiro atoms. The number of carbonyl (C=O) groups is 2. The first-order valence-electron chi connectivity index (χ1n) is 8.84. The SMILES string of the molecule is Cc1cc(/C=C(\C#N)C(=O)Nc2ccc(C(=O)O)cc2)c(C)n1Cc1ccco1. The zero-order valence-corrected chi connectivity index (χ0v) is 16.0. The highest BCUT2D eigenvalue weighted by molar-refractivity contribution is 6.09. The van der Waals surface area contributed by atoms with Crippen molar-refractivity contribution in [1.29, 1.82) is 5.26 Å². The third kappa shape index (κ3) is 4.45. The average molecular weight is 389 g/mol. The molecule has 0 unspecified atom stereocenters. The smallest absolute Gasteiger partial charge is 0.335 e. The molecule has 146 valence electrons. The number of nitriles is 1. The fourth-order valence-electron chi connectivity index (χ4n) is 2.97. The van der Waals surface area contributed by atoms with Gasteiger partial charge in [0.25, 0.3) is 5.91 Å². The fraction of sp³-hybridized carbons (Fsp3) is 0.136. The van der Waals surface area contributed by atoms with Crippen molar-refractivity contribution >= 4 is 23.6 Å². The number of nitrogens with zero attached hydrogens (tertiary/aromatic N) is 2. The summed E-state index contributed by atoms with van der Waals surface area (Å²) in [4.78, 5) is 23.4. The van der Waals surface area contributed by atoms with Gasteiger partial charge in [-0.2, -0.15) is 5.26 Å². The molecule has 0 fully saturated rings. The largest absolute Gasteiger partial charge is 0.478 e. The topological polar surface area (TPSA) is 108 Å². The summed E-state index contributed by atoms with van der Waals surface area (Å²) in [5.41, 5.74) is 3.12. The van der Waals surface area contributed by atoms with Crippen molar-refractivity contribution in [3.8, 4) is 6.07 Å². The van der Waals surface area contributed by atoms with Gasteiger partial charge >= 0.3 is 5.97 Å². The number of benzene rings is 1. The number of hydrogen-bond acceptors (Lipinski definition) is 4. The summed E-state index contributed by atoms with van der Waals surface area (Å²) in [6.07, 6.45) is 3.16. The standard InChI is InChI=1S/C22H19N3O4/c1-14-10-17(15(2)25(14)13-20-4-3-9-29-20)11-18(12-23)21(26)24-19-7-5-16(6-8-19)22(27)28/h3-11H,13H2,1-2H3,(H,24,26)(H,27,28)/b18-11+. The second-order valence-corrected chi connectivity index (χ2v) is 6.50. The third-order valence-corrected chi connectivity index (χ3v) is 4.56. The number of rotatable bonds is 6. The molecule has 29 heavy (non-hydrogen) atoms. The first-order chi connectivity index (χ1) is 13.9. The van der Waals surface area contributed by atoms with Gasteiger partial charge in [-0.1, -0.05) is 0 Å². The third-order valence-electron chi connectivity index (χ3n) is 4.56. The Morgan fingerprint density at radius 1 is 1.24 bits per heavy atom. The van der Waals surface area contributed by atoms with Crippen LogP contribution in [0.5, 0.6) is 0 Å². The van der Waals surface area contributed by atoms with Crippen LogP contribution in [0, 0.1) is 25.2 Å². The second kappa shape index (κ2) is 8.31. The molecule has 1 amide bonds. The predicted octanol–water partition coefficient (Wildman–Crippen LogP) is 3.99. The maximum atomic E-state index is 12.5. The van der Waals surface area contributed by atoms with E-state index in [1.807, 2.05) is 42.7 Å². The van der Waals surface area contributed by atoms with Gasteiger partial charge in [-0.15, -0.1) is 0 Å². The molecule has 7 nitrogen and oxygen atoms in total. The van der Waals surface area contributed by atoms with E-state index < -0.39 is 11.9 Å². The van der Waals surface area contributed by atoms with Crippen LogP contribution in [-0.2, 0) is 11.3 Å². The zero-order valence-electron chi connectivity index (χ0n) is 16.0. The maximum absolute atomic E-state index is 12.5. The van der Waals surface area contributed by atoms with E-state index in [0.29, 0.717) is 12.2 Å². The normalized spacial score (nSPS) is 11.1. The molecule has 2 aromatic heterocycles. The Balaban J connectivity index is 1.81. The Morgan fingerprint density at radius 3 is 2.55 bits per heavy atom. The lowest BCUT2D eigenvalue weighted by atomic mass is 10.1. The molecule has 3 aromatic rings. The van der Waals surface area contributed by atoms with Crippen molar-refractivity contribution in [2.45, 2.75) is 20.4 Å². The van der Waals surface area contributed by atoms with Crippen LogP contribution in [-0.4, -0.2) is 21.6 Å². The summed E-state index contributed by atoms with van der Waals surface area (Å²) in [5.74, 6) is -0.804. The quantitative estimate of drug-likeness (QED) is 0.489. The van der Waals surface area contributed by atoms with Crippen molar-refractivity contribution in [1.82, 2.24) is 4.57 Å². The molecule has 0 aliphatic heterocycles. The Kier molecular flexibility index (Phi) is 5.65. The molecule has 3 rings (SSSR count). The van der Waals surface area contributed by atoms with Gasteiger partial charge in [-0.3, -0.25) is 4.79 Å². The lowest BCUT2D eigenvalue weighted by Gasteiger charge is -2.07. The van der Waals surface area contributed by atoms with E-state index in [9.17, 15) is 14.9 Å². The average Bonchev–Trinajstić information content (AvgIpc) is 3.30. The molecular weight excluding hydrogens is 370 g/mol. The van der Waals surface area contributed by atoms with Gasteiger partial charge < -0.3 is 19.4 Å². The second-order valence-electron chi connectivity index (χ2n) is 6.50. The van der Waals surface area contributed by atoms with Crippen LogP contribution in [0.2, 0.25) is 0 Å². The number of aryl methyl sites for hydroxylation is 1. The van der Waals surface area contributed by atoms with Crippen molar-refractivity contribution in [3.63, 3.8) is 0 Å². The molecule has 2 heterocycles. The minimum Gasteiger partial charge on any atom is -0.478 e. The van der Waals surface area contributed by atoms with E-state index in [1.54, 1.807) is 12.3 Å². The van der Waals surface area contributed by atoms with Crippen molar-refractivity contribution < 1.29 is 19.1 Å². The number of carboxylic acid groups (broad SMARTS) is 1. The summed E-state index contributed by atoms with van der Waals surface area (Å²) < 4.78 is 7.44. The molecule has 2 N–H and O–H groups in total. The summed E-state index contributed by atoms with van der Waals surface area (Å²) >= 11 is 0. The first-order valence-corrected chi connectivity index (χ1v) is 8.84. The zero-order chi connectivity index (χ0) is 21.0. The summed E-state index contributed by atoms with van der Waals surface area (Å²) in [6.45, 7) is 4.42. The minimum absolute atomic E-state index is 0.0504. The maximum Gasteiger partial charge on any atom is 0.335 e. The van der Waals surface area contributed by atoms with Crippen LogP contribution in [0.25, 0.3) is 6.08 Å². The van der Waals surface area contributed by atoms with Crippen LogP contribution in [0.1, 0.15) is 33.1 Å². The van der Waals surface area contributed by atoms with Gasteiger partial charge in [0.15, 0.2) is 0 Å². The van der Waals surface area contributed by atoms with Crippen LogP contribution < -0.4 is 5.32 Å². The van der Waals surface area contributed by atoms with Gasteiger partial charge in [0, 0.05) is 17.1 Å². The molecule has 1 aromatic carbocycles. The highest BCUT2D eigenvalue weighted by Crippen LogP contribution is 2.20. The van der Waals surface area contributed by atoms with Gasteiger partial charge in [-0.25, -0.2) is 4.79 Å². The number of nitrogens with one attached hydrogen (secondary N) is 1. The molecule has 0 bridgehead atoms. The number of hydrogen-bond donors (Lipinski definition) is 2. The molecule has 0 aliphatic carbocycles. The Morgan fingerprint density at radius 2 is 1.97 bits per heavy atom. The minimum atomic E-state index is -1.05. The van der Waals surface area contributed by atoms with E-state index in [-0.39, 0.29) is 11.1 Å². The molecule has 0 aliphatic rings. The fourth-order valence-corrected chi connectivity index (χ4v) is 2.97. The lowest BCUT2D eigenvalue weighted by Crippen LogP contribution is -2.13. The number of furan rings is 1. The van der Waals surface area contributed by atoms with E-state index >= 15 is 0 Å². The van der Waals surface area contributed by atoms with Crippen LogP contribution in [0.15, 0.2) is 58.7 Å². The summed E-state index contributed by atoms with van der Waals surface area (Å²) in [7, 11) is 0. The lowest BCUT2D eigenvalue weighted by molar-refractivity contribution is -0.112. The molecule has 0 radical (unpaired) electrons. The van der Waals surface area contributed by atoms with Gasteiger partial charge in [0.2, 0.25) is 0 Å². The molecule has 0 saturated heterocycles. The number of anilines is 1. The Hall–Kier alpha value is -4.05. The van der Waals surface area contributed by atoms with Gasteiger partial charge in [0.05, 0.1) is 18.4 Å². The van der Waals surface area contributed by atoms with Crippen LogP contribution in [0.4, 0.5) is 5.69 Å². The van der Waals surface area contributed by atoms with Crippen molar-refractivity contribution in [3.05, 3.63) is 82.6 Å². The Labute approximate surface area is 167 Å². The van der Waals surface area contributed by atoms with Crippen LogP contribution >= 0.6 is 0 Å². The predicted molar refractivity (Wildman–Crippen MR) is 107 cm³/mol. The van der Waals surface area contributed by atoms with Gasteiger partial charge in [-0.05, 0) is 68.0 Å². The van der Waals surface area contributed by atoms with E-state index in [4.69, 9.17) is 9.52 Å². The molecular formula is C22H19N3O4. The van der Waals surface area contributed by atoms with Crippen LogP contribution in [0.3, 0.4) is 0 Å². The number of aromatic nitrogens is 1. The first kappa shape index (κ1) is 19.7. The molecule has 0 saturated carbocycles. The molecule has 0 atom stereocenters. The monoisotopic (exact) mass is 389 g/mol. The van der Waals surface area contributed by atoms with Crippen molar-refractivity contribution in [2.75, 3.05) is 5.32 Å². The van der Waals surface area contributed by atoms with Gasteiger partial charge in [0.1, 0.15) is 17.4 Å². The summed E-state index contributed by atoms with van der Waals surface area (Å²) in [5, 5.41) is 21.0. The number of carboxylic acids is 1. The van der Waals surface area contributed by atoms with E-state index in [1.165, 1.54) is 24.3 Å². The molecule has 7 heteroatoms. The number of amides is 1. The Bertz CT molecular complexity index is 1110. The van der Waals surface area contributed by atoms with Crippen molar-refractivity contribution in [2.24, 2.45) is 0 Å². The highest BCUT2D eigenvalue weighted by atomic mass is 16.4. The number of carbonyl (C=O) groups excluding carboxylic acids is 1. The van der Waals surface area contributed by atoms with E-state index in [2.05, 4.69) is 5.32 Å². The number of aromatic carboxylic acids is 1. The summed E-state index contributed by atoms with van der Waals surface area (Å²) in [6, 6.07) is 13.3. The highest BCUT2D eigenvalue weighted by Gasteiger charge is 2.14. The van der Waals surface area contributed by atoms with E-state index in [0.717, 1.165) is 22.7 Å².